The van der Waals surface area contributed by atoms with E-state index >= 15 is 0 Å². The number of aliphatic carboxylic acids is 1. The highest BCUT2D eigenvalue weighted by molar-refractivity contribution is 5.81. The molecule has 2 aromatic carbocycles. The third-order valence-electron chi connectivity index (χ3n) is 5.31. The maximum atomic E-state index is 13.2. The Hall–Kier alpha value is -3.03. The lowest BCUT2D eigenvalue weighted by atomic mass is 9.83. The molecule has 0 aliphatic heterocycles. The summed E-state index contributed by atoms with van der Waals surface area (Å²) in [5, 5.41) is 11.0. The van der Waals surface area contributed by atoms with Crippen LogP contribution >= 0.6 is 0 Å². The van der Waals surface area contributed by atoms with Crippen LogP contribution in [-0.4, -0.2) is 36.0 Å². The van der Waals surface area contributed by atoms with Crippen LogP contribution in [0.5, 0.6) is 0 Å². The average Bonchev–Trinajstić information content (AvgIpc) is 2.97. The summed E-state index contributed by atoms with van der Waals surface area (Å²) in [5.41, 5.74) is 1.20. The fourth-order valence-electron chi connectivity index (χ4n) is 3.47. The van der Waals surface area contributed by atoms with E-state index in [1.807, 2.05) is 53.8 Å². The van der Waals surface area contributed by atoms with Gasteiger partial charge in [0.1, 0.15) is 12.6 Å². The van der Waals surface area contributed by atoms with E-state index in [2.05, 4.69) is 0 Å². The van der Waals surface area contributed by atoms with Crippen LogP contribution in [0.3, 0.4) is 0 Å². The largest absolute Gasteiger partial charge is 0.480 e. The summed E-state index contributed by atoms with van der Waals surface area (Å²) in [7, 11) is 0. The molecule has 1 unspecified atom stereocenters. The number of carbonyl (C=O) groups is 2. The van der Waals surface area contributed by atoms with Crippen LogP contribution in [-0.2, 0) is 9.53 Å². The van der Waals surface area contributed by atoms with Crippen LogP contribution in [0.15, 0.2) is 48.5 Å². The Morgan fingerprint density at radius 1 is 1.03 bits per heavy atom. The van der Waals surface area contributed by atoms with E-state index in [1.165, 1.54) is 0 Å². The first-order valence-corrected chi connectivity index (χ1v) is 8.95. The first-order valence-electron chi connectivity index (χ1n) is 8.95. The lowest BCUT2D eigenvalue weighted by Crippen LogP contribution is -2.56. The van der Waals surface area contributed by atoms with Gasteiger partial charge in [0.2, 0.25) is 0 Å². The molecule has 0 saturated carbocycles. The van der Waals surface area contributed by atoms with Crippen LogP contribution in [0, 0.1) is 5.41 Å². The molecule has 0 heterocycles. The second-order valence-corrected chi connectivity index (χ2v) is 7.46. The summed E-state index contributed by atoms with van der Waals surface area (Å²) >= 11 is 0. The fraction of sp³-hybridized carbons (Fsp3) is 0.333. The van der Waals surface area contributed by atoms with Crippen LogP contribution in [0.4, 0.5) is 18.0 Å². The Bertz CT molecular complexity index is 894. The molecule has 0 radical (unpaired) electrons. The van der Waals surface area contributed by atoms with Gasteiger partial charge in [-0.3, -0.25) is 0 Å². The number of carboxylic acid groups (broad SMARTS) is 1. The minimum atomic E-state index is -4.83. The van der Waals surface area contributed by atoms with Crippen molar-refractivity contribution in [3.8, 4) is 11.1 Å². The van der Waals surface area contributed by atoms with Crippen molar-refractivity contribution in [2.45, 2.75) is 32.0 Å². The van der Waals surface area contributed by atoms with Crippen molar-refractivity contribution in [1.29, 1.82) is 0 Å². The monoisotopic (exact) mass is 407 g/mol. The topological polar surface area (TPSA) is 75.6 Å². The number of benzene rings is 2. The molecular formula is C21H20F3NO4. The third-order valence-corrected chi connectivity index (χ3v) is 5.31. The van der Waals surface area contributed by atoms with Crippen molar-refractivity contribution in [1.82, 2.24) is 5.32 Å². The SMILES string of the molecule is CC(C)(C(NC(=O)OCC1c2ccccc2-c2ccccc21)C(=O)O)C(F)(F)F. The molecule has 29 heavy (non-hydrogen) atoms. The molecule has 0 bridgehead atoms. The molecule has 2 aromatic rings. The van der Waals surface area contributed by atoms with Crippen LogP contribution in [0.1, 0.15) is 30.9 Å². The van der Waals surface area contributed by atoms with Gasteiger partial charge < -0.3 is 15.2 Å². The number of fused-ring (bicyclic) bond motifs is 3. The number of alkyl halides is 3. The molecule has 0 spiro atoms. The number of ether oxygens (including phenoxy) is 1. The van der Waals surface area contributed by atoms with Crippen molar-refractivity contribution < 1.29 is 32.6 Å². The lowest BCUT2D eigenvalue weighted by molar-refractivity contribution is -0.223. The Labute approximate surface area is 165 Å². The quantitative estimate of drug-likeness (QED) is 0.762. The number of nitrogens with one attached hydrogen (secondary N) is 1. The smallest absolute Gasteiger partial charge is 0.407 e. The second kappa shape index (κ2) is 7.42. The van der Waals surface area contributed by atoms with E-state index in [9.17, 15) is 27.9 Å². The Morgan fingerprint density at radius 3 is 1.97 bits per heavy atom. The lowest BCUT2D eigenvalue weighted by Gasteiger charge is -2.33. The molecule has 3 rings (SSSR count). The van der Waals surface area contributed by atoms with Crippen LogP contribution in [0.2, 0.25) is 0 Å². The van der Waals surface area contributed by atoms with Crippen molar-refractivity contribution in [3.05, 3.63) is 59.7 Å². The standard InChI is InChI=1S/C21H20F3NO4/c1-20(2,21(22,23)24)17(18(26)27)25-19(28)29-11-16-14-9-5-3-7-12(14)13-8-4-6-10-15(13)16/h3-10,16-17H,11H2,1-2H3,(H,25,28)(H,26,27). The predicted octanol–water partition coefficient (Wildman–Crippen LogP) is 4.57. The zero-order valence-electron chi connectivity index (χ0n) is 15.8. The number of hydrogen-bond donors (Lipinski definition) is 2. The molecule has 154 valence electrons. The van der Waals surface area contributed by atoms with Crippen molar-refractivity contribution in [2.75, 3.05) is 6.61 Å². The van der Waals surface area contributed by atoms with Crippen LogP contribution < -0.4 is 5.32 Å². The van der Waals surface area contributed by atoms with E-state index in [1.54, 1.807) is 0 Å². The van der Waals surface area contributed by atoms with Gasteiger partial charge in [-0.1, -0.05) is 48.5 Å². The Morgan fingerprint density at radius 2 is 1.52 bits per heavy atom. The number of amides is 1. The van der Waals surface area contributed by atoms with Gasteiger partial charge in [-0.2, -0.15) is 13.2 Å². The fourth-order valence-corrected chi connectivity index (χ4v) is 3.47. The Balaban J connectivity index is 1.75. The highest BCUT2D eigenvalue weighted by atomic mass is 19.4. The first kappa shape index (κ1) is 20.7. The minimum absolute atomic E-state index is 0.126. The first-order chi connectivity index (χ1) is 13.5. The summed E-state index contributed by atoms with van der Waals surface area (Å²) < 4.78 is 44.8. The summed E-state index contributed by atoms with van der Waals surface area (Å²) in [6, 6.07) is 13.0. The van der Waals surface area contributed by atoms with Gasteiger partial charge in [0, 0.05) is 5.92 Å². The number of carboxylic acids is 1. The van der Waals surface area contributed by atoms with Gasteiger partial charge >= 0.3 is 18.2 Å². The minimum Gasteiger partial charge on any atom is -0.480 e. The highest BCUT2D eigenvalue weighted by Crippen LogP contribution is 2.44. The highest BCUT2D eigenvalue weighted by Gasteiger charge is 2.56. The summed E-state index contributed by atoms with van der Waals surface area (Å²) in [4.78, 5) is 23.5. The maximum absolute atomic E-state index is 13.2. The zero-order chi connectivity index (χ0) is 21.4. The van der Waals surface area contributed by atoms with Crippen molar-refractivity contribution in [3.63, 3.8) is 0 Å². The zero-order valence-corrected chi connectivity index (χ0v) is 15.8. The average molecular weight is 407 g/mol. The molecule has 1 aliphatic carbocycles. The normalized spacial score (nSPS) is 14.7. The van der Waals surface area contributed by atoms with Gasteiger partial charge in [-0.15, -0.1) is 0 Å². The molecule has 0 fully saturated rings. The number of carbonyl (C=O) groups excluding carboxylic acids is 1. The summed E-state index contributed by atoms with van der Waals surface area (Å²) in [6.07, 6.45) is -6.04. The maximum Gasteiger partial charge on any atom is 0.407 e. The van der Waals surface area contributed by atoms with Crippen molar-refractivity contribution >= 4 is 12.1 Å². The van der Waals surface area contributed by atoms with Gasteiger partial charge in [-0.05, 0) is 36.1 Å². The predicted molar refractivity (Wildman–Crippen MR) is 99.5 cm³/mol. The molecule has 5 nitrogen and oxygen atoms in total. The van der Waals surface area contributed by atoms with Gasteiger partial charge in [0.15, 0.2) is 0 Å². The van der Waals surface area contributed by atoms with Gasteiger partial charge in [0.25, 0.3) is 0 Å². The molecule has 0 aromatic heterocycles. The van der Waals surface area contributed by atoms with E-state index < -0.39 is 29.7 Å². The van der Waals surface area contributed by atoms with Gasteiger partial charge in [0.05, 0.1) is 5.41 Å². The summed E-state index contributed by atoms with van der Waals surface area (Å²) in [5.74, 6) is -2.08. The third kappa shape index (κ3) is 3.79. The van der Waals surface area contributed by atoms with E-state index in [4.69, 9.17) is 4.74 Å². The molecule has 2 N–H and O–H groups in total. The molecule has 1 atom stereocenters. The molecule has 8 heteroatoms. The number of alkyl carbamates (subject to hydrolysis) is 1. The molecule has 1 amide bonds. The van der Waals surface area contributed by atoms with E-state index in [0.717, 1.165) is 36.1 Å². The molecular weight excluding hydrogens is 387 g/mol. The number of rotatable bonds is 5. The van der Waals surface area contributed by atoms with E-state index in [0.29, 0.717) is 0 Å². The molecule has 0 saturated heterocycles. The Kier molecular flexibility index (Phi) is 5.30. The summed E-state index contributed by atoms with van der Waals surface area (Å²) in [6.45, 7) is 1.31. The second-order valence-electron chi connectivity index (χ2n) is 7.46. The molecule has 1 aliphatic rings. The van der Waals surface area contributed by atoms with Gasteiger partial charge in [-0.25, -0.2) is 9.59 Å². The number of halogens is 3. The number of hydrogen-bond acceptors (Lipinski definition) is 3. The van der Waals surface area contributed by atoms with Crippen molar-refractivity contribution in [2.24, 2.45) is 5.41 Å². The van der Waals surface area contributed by atoms with Crippen LogP contribution in [0.25, 0.3) is 11.1 Å². The van der Waals surface area contributed by atoms with E-state index in [-0.39, 0.29) is 12.5 Å².